The molecule has 0 radical (unpaired) electrons. The second-order valence-corrected chi connectivity index (χ2v) is 3.41. The van der Waals surface area contributed by atoms with Crippen molar-refractivity contribution in [3.63, 3.8) is 0 Å². The molecule has 0 amide bonds. The summed E-state index contributed by atoms with van der Waals surface area (Å²) in [7, 11) is 0. The van der Waals surface area contributed by atoms with Gasteiger partial charge in [0.25, 0.3) is 0 Å². The topological polar surface area (TPSA) is 28.7 Å². The van der Waals surface area contributed by atoms with Crippen molar-refractivity contribution in [2.24, 2.45) is 0 Å². The van der Waals surface area contributed by atoms with Gasteiger partial charge in [-0.25, -0.2) is 4.98 Å². The lowest BCUT2D eigenvalue weighted by atomic mass is 10.0. The Morgan fingerprint density at radius 1 is 1.30 bits per heavy atom. The van der Waals surface area contributed by atoms with E-state index in [1.54, 1.807) is 0 Å². The number of nitrogens with one attached hydrogen (secondary N) is 1. The molecule has 1 heterocycles. The van der Waals surface area contributed by atoms with Crippen molar-refractivity contribution in [2.75, 3.05) is 0 Å². The predicted octanol–water partition coefficient (Wildman–Crippen LogP) is 2.05. The summed E-state index contributed by atoms with van der Waals surface area (Å²) >= 11 is 3.33. The third-order valence-corrected chi connectivity index (χ3v) is 2.30. The number of fused-ring (bicyclic) bond motifs is 1. The van der Waals surface area contributed by atoms with Gasteiger partial charge in [0.1, 0.15) is 0 Å². The first-order valence-electron chi connectivity index (χ1n) is 3.59. The zero-order chi connectivity index (χ0) is 6.97. The summed E-state index contributed by atoms with van der Waals surface area (Å²) in [5, 5.41) is 0. The maximum atomic E-state index is 4.31. The van der Waals surface area contributed by atoms with E-state index in [9.17, 15) is 0 Å². The molecule has 2 rings (SSSR count). The van der Waals surface area contributed by atoms with E-state index < -0.39 is 0 Å². The van der Waals surface area contributed by atoms with Crippen molar-refractivity contribution in [3.05, 3.63) is 16.1 Å². The smallest absolute Gasteiger partial charge is 0.174 e. The molecular weight excluding hydrogens is 192 g/mol. The summed E-state index contributed by atoms with van der Waals surface area (Å²) in [5.74, 6) is 0. The van der Waals surface area contributed by atoms with Crippen LogP contribution in [0, 0.1) is 0 Å². The monoisotopic (exact) mass is 200 g/mol. The van der Waals surface area contributed by atoms with E-state index in [1.165, 1.54) is 30.7 Å². The van der Waals surface area contributed by atoms with E-state index in [0.717, 1.165) is 11.2 Å². The van der Waals surface area contributed by atoms with Crippen LogP contribution < -0.4 is 0 Å². The Morgan fingerprint density at radius 2 is 2.10 bits per heavy atom. The molecular formula is C7H9BrN2. The van der Waals surface area contributed by atoms with Crippen LogP contribution in [-0.2, 0) is 12.8 Å². The molecule has 2 nitrogen and oxygen atoms in total. The van der Waals surface area contributed by atoms with Crippen molar-refractivity contribution >= 4 is 15.9 Å². The van der Waals surface area contributed by atoms with Gasteiger partial charge < -0.3 is 4.98 Å². The van der Waals surface area contributed by atoms with E-state index in [2.05, 4.69) is 25.9 Å². The Balaban J connectivity index is 2.41. The van der Waals surface area contributed by atoms with Crippen LogP contribution in [0.5, 0.6) is 0 Å². The van der Waals surface area contributed by atoms with E-state index in [-0.39, 0.29) is 0 Å². The van der Waals surface area contributed by atoms with Crippen molar-refractivity contribution < 1.29 is 0 Å². The predicted molar refractivity (Wildman–Crippen MR) is 42.9 cm³/mol. The van der Waals surface area contributed by atoms with Gasteiger partial charge in [-0.1, -0.05) is 0 Å². The highest BCUT2D eigenvalue weighted by Gasteiger charge is 2.12. The SMILES string of the molecule is Brc1nc2c([nH]1)CCCC2. The number of halogens is 1. The molecule has 54 valence electrons. The number of H-pyrrole nitrogens is 1. The van der Waals surface area contributed by atoms with Crippen molar-refractivity contribution in [1.82, 2.24) is 9.97 Å². The van der Waals surface area contributed by atoms with Gasteiger partial charge in [-0.3, -0.25) is 0 Å². The first-order chi connectivity index (χ1) is 4.86. The fraction of sp³-hybridized carbons (Fsp3) is 0.571. The summed E-state index contributed by atoms with van der Waals surface area (Å²) < 4.78 is 0.888. The summed E-state index contributed by atoms with van der Waals surface area (Å²) in [4.78, 5) is 7.51. The van der Waals surface area contributed by atoms with Gasteiger partial charge in [-0.05, 0) is 41.6 Å². The zero-order valence-corrected chi connectivity index (χ0v) is 7.24. The summed E-state index contributed by atoms with van der Waals surface area (Å²) in [5.41, 5.74) is 2.59. The van der Waals surface area contributed by atoms with Crippen LogP contribution in [0.25, 0.3) is 0 Å². The van der Waals surface area contributed by atoms with Crippen LogP contribution in [0.2, 0.25) is 0 Å². The van der Waals surface area contributed by atoms with Crippen molar-refractivity contribution in [3.8, 4) is 0 Å². The van der Waals surface area contributed by atoms with E-state index >= 15 is 0 Å². The van der Waals surface area contributed by atoms with Crippen molar-refractivity contribution in [2.45, 2.75) is 25.7 Å². The lowest BCUT2D eigenvalue weighted by Gasteiger charge is -2.07. The van der Waals surface area contributed by atoms with Crippen LogP contribution >= 0.6 is 15.9 Å². The highest BCUT2D eigenvalue weighted by atomic mass is 79.9. The third kappa shape index (κ3) is 0.985. The van der Waals surface area contributed by atoms with Crippen LogP contribution in [0.4, 0.5) is 0 Å². The molecule has 1 N–H and O–H groups in total. The quantitative estimate of drug-likeness (QED) is 0.683. The molecule has 0 saturated heterocycles. The van der Waals surface area contributed by atoms with Crippen LogP contribution in [0.15, 0.2) is 4.73 Å². The molecule has 0 fully saturated rings. The number of imidazole rings is 1. The van der Waals surface area contributed by atoms with E-state index in [4.69, 9.17) is 0 Å². The molecule has 0 atom stereocenters. The normalized spacial score (nSPS) is 16.9. The molecule has 1 aliphatic rings. The Labute approximate surface area is 68.2 Å². The maximum absolute atomic E-state index is 4.31. The minimum atomic E-state index is 0.888. The number of aryl methyl sites for hydroxylation is 2. The molecule has 1 aromatic rings. The summed E-state index contributed by atoms with van der Waals surface area (Å²) in [6, 6.07) is 0. The standard InChI is InChI=1S/C7H9BrN2/c8-7-9-5-3-1-2-4-6(5)10-7/h1-4H2,(H,9,10). The number of nitrogens with zero attached hydrogens (tertiary/aromatic N) is 1. The molecule has 0 saturated carbocycles. The Kier molecular flexibility index (Phi) is 1.52. The lowest BCUT2D eigenvalue weighted by molar-refractivity contribution is 0.667. The Hall–Kier alpha value is -0.310. The van der Waals surface area contributed by atoms with Gasteiger partial charge in [-0.15, -0.1) is 0 Å². The van der Waals surface area contributed by atoms with E-state index in [1.807, 2.05) is 0 Å². The Morgan fingerprint density at radius 3 is 2.90 bits per heavy atom. The number of rotatable bonds is 0. The molecule has 3 heteroatoms. The second kappa shape index (κ2) is 2.38. The van der Waals surface area contributed by atoms with Gasteiger partial charge >= 0.3 is 0 Å². The molecule has 0 aliphatic heterocycles. The number of hydrogen-bond acceptors (Lipinski definition) is 1. The first kappa shape index (κ1) is 6.40. The molecule has 0 bridgehead atoms. The van der Waals surface area contributed by atoms with Crippen LogP contribution in [0.3, 0.4) is 0 Å². The minimum Gasteiger partial charge on any atom is -0.336 e. The van der Waals surface area contributed by atoms with Gasteiger partial charge in [0, 0.05) is 5.69 Å². The lowest BCUT2D eigenvalue weighted by Crippen LogP contribution is -2.00. The largest absolute Gasteiger partial charge is 0.336 e. The van der Waals surface area contributed by atoms with Gasteiger partial charge in [-0.2, -0.15) is 0 Å². The minimum absolute atomic E-state index is 0.888. The highest BCUT2D eigenvalue weighted by Crippen LogP contribution is 2.20. The maximum Gasteiger partial charge on any atom is 0.174 e. The number of aromatic nitrogens is 2. The first-order valence-corrected chi connectivity index (χ1v) is 4.39. The molecule has 10 heavy (non-hydrogen) atoms. The summed E-state index contributed by atoms with van der Waals surface area (Å²) in [6.45, 7) is 0. The average Bonchev–Trinajstić information content (AvgIpc) is 2.27. The third-order valence-electron chi connectivity index (χ3n) is 1.93. The summed E-state index contributed by atoms with van der Waals surface area (Å²) in [6.07, 6.45) is 4.93. The van der Waals surface area contributed by atoms with E-state index in [0.29, 0.717) is 0 Å². The molecule has 0 aromatic carbocycles. The number of aromatic amines is 1. The van der Waals surface area contributed by atoms with Gasteiger partial charge in [0.05, 0.1) is 5.69 Å². The van der Waals surface area contributed by atoms with Gasteiger partial charge in [0.2, 0.25) is 0 Å². The fourth-order valence-electron chi connectivity index (χ4n) is 1.42. The van der Waals surface area contributed by atoms with Gasteiger partial charge in [0.15, 0.2) is 4.73 Å². The zero-order valence-electron chi connectivity index (χ0n) is 5.65. The molecule has 1 aromatic heterocycles. The molecule has 0 unspecified atom stereocenters. The molecule has 1 aliphatic carbocycles. The van der Waals surface area contributed by atoms with Crippen LogP contribution in [-0.4, -0.2) is 9.97 Å². The second-order valence-electron chi connectivity index (χ2n) is 2.66. The molecule has 0 spiro atoms. The fourth-order valence-corrected chi connectivity index (χ4v) is 1.87. The highest BCUT2D eigenvalue weighted by molar-refractivity contribution is 9.10. The Bertz CT molecular complexity index is 218. The van der Waals surface area contributed by atoms with Crippen molar-refractivity contribution in [1.29, 1.82) is 0 Å². The van der Waals surface area contributed by atoms with Crippen LogP contribution in [0.1, 0.15) is 24.2 Å². The average molecular weight is 201 g/mol. The number of hydrogen-bond donors (Lipinski definition) is 1.